The van der Waals surface area contributed by atoms with Crippen molar-refractivity contribution in [3.63, 3.8) is 0 Å². The minimum absolute atomic E-state index is 0.201. The summed E-state index contributed by atoms with van der Waals surface area (Å²) in [5.74, 6) is 0.611. The third-order valence-corrected chi connectivity index (χ3v) is 7.42. The van der Waals surface area contributed by atoms with E-state index in [1.165, 1.54) is 12.8 Å². The Hall–Kier alpha value is 0.0169. The first-order chi connectivity index (χ1) is 10.1. The van der Waals surface area contributed by atoms with E-state index >= 15 is 0 Å². The summed E-state index contributed by atoms with van der Waals surface area (Å²) >= 11 is 0. The molecule has 3 atom stereocenters. The fourth-order valence-electron chi connectivity index (χ4n) is 3.12. The van der Waals surface area contributed by atoms with Crippen molar-refractivity contribution in [3.05, 3.63) is 0 Å². The Morgan fingerprint density at radius 3 is 2.38 bits per heavy atom. The first-order valence-electron chi connectivity index (χ1n) is 8.17. The molecule has 1 saturated carbocycles. The average Bonchev–Trinajstić information content (AvgIpc) is 2.52. The molecule has 0 spiro atoms. The second kappa shape index (κ2) is 9.92. The molecule has 1 aliphatic rings. The van der Waals surface area contributed by atoms with Crippen molar-refractivity contribution >= 4 is 8.80 Å². The maximum absolute atomic E-state index is 10.1. The van der Waals surface area contributed by atoms with Crippen molar-refractivity contribution in [1.29, 1.82) is 0 Å². The second-order valence-electron chi connectivity index (χ2n) is 5.99. The molecule has 2 N–H and O–H groups in total. The molecule has 5 nitrogen and oxygen atoms in total. The molecule has 0 aromatic carbocycles. The van der Waals surface area contributed by atoms with E-state index in [9.17, 15) is 5.11 Å². The molecule has 0 aliphatic heterocycles. The number of hydrogen-bond donors (Lipinski definition) is 2. The molecule has 6 heteroatoms. The van der Waals surface area contributed by atoms with Crippen molar-refractivity contribution in [1.82, 2.24) is 5.32 Å². The molecule has 0 amide bonds. The number of unbranched alkanes of at least 4 members (excludes halogenated alkanes) is 1. The number of rotatable bonds is 10. The molecular weight excluding hydrogens is 286 g/mol. The zero-order valence-electron chi connectivity index (χ0n) is 14.1. The highest BCUT2D eigenvalue weighted by Crippen LogP contribution is 2.31. The van der Waals surface area contributed by atoms with Gasteiger partial charge in [0.1, 0.15) is 0 Å². The fraction of sp³-hybridized carbons (Fsp3) is 1.00. The van der Waals surface area contributed by atoms with Crippen LogP contribution < -0.4 is 5.32 Å². The lowest BCUT2D eigenvalue weighted by Gasteiger charge is -2.35. The Morgan fingerprint density at radius 2 is 1.81 bits per heavy atom. The van der Waals surface area contributed by atoms with Gasteiger partial charge < -0.3 is 23.7 Å². The Morgan fingerprint density at radius 1 is 1.14 bits per heavy atom. The lowest BCUT2D eigenvalue weighted by Crippen LogP contribution is -2.46. The zero-order valence-corrected chi connectivity index (χ0v) is 15.1. The summed E-state index contributed by atoms with van der Waals surface area (Å²) in [5, 5.41) is 13.6. The zero-order chi connectivity index (χ0) is 15.7. The largest absolute Gasteiger partial charge is 0.500 e. The average molecular weight is 320 g/mol. The van der Waals surface area contributed by atoms with Crippen molar-refractivity contribution < 1.29 is 18.4 Å². The van der Waals surface area contributed by atoms with Crippen LogP contribution in [0.15, 0.2) is 0 Å². The number of nitrogens with one attached hydrogen (secondary N) is 1. The van der Waals surface area contributed by atoms with Crippen molar-refractivity contribution in [2.75, 3.05) is 27.9 Å². The predicted molar refractivity (Wildman–Crippen MR) is 86.3 cm³/mol. The summed E-state index contributed by atoms with van der Waals surface area (Å²) in [6.45, 7) is 3.18. The summed E-state index contributed by atoms with van der Waals surface area (Å²) in [6.07, 6.45) is 6.19. The number of hydrogen-bond acceptors (Lipinski definition) is 5. The standard InChI is InChI=1S/C15H33NO4Si/c1-5-6-10-16-14-12-13(7-8-15(14)17)9-11-21(18-2,19-3)20-4/h13-17H,5-12H2,1-4H3. The SMILES string of the molecule is CCCCNC1CC(CC[Si](OC)(OC)OC)CCC1O. The summed E-state index contributed by atoms with van der Waals surface area (Å²) in [7, 11) is 2.54. The molecule has 0 aromatic heterocycles. The molecule has 21 heavy (non-hydrogen) atoms. The molecule has 0 aromatic rings. The van der Waals surface area contributed by atoms with Gasteiger partial charge in [0.15, 0.2) is 0 Å². The predicted octanol–water partition coefficient (Wildman–Crippen LogP) is 2.17. The smallest absolute Gasteiger partial charge is 0.392 e. The Labute approximate surface area is 130 Å². The lowest BCUT2D eigenvalue weighted by atomic mass is 9.82. The highest BCUT2D eigenvalue weighted by atomic mass is 28.4. The van der Waals surface area contributed by atoms with Crippen LogP contribution in [0.4, 0.5) is 0 Å². The van der Waals surface area contributed by atoms with Crippen LogP contribution in [0.2, 0.25) is 6.04 Å². The molecule has 1 rings (SSSR count). The van der Waals surface area contributed by atoms with Gasteiger partial charge in [-0.2, -0.15) is 0 Å². The third-order valence-electron chi connectivity index (χ3n) is 4.65. The Kier molecular flexibility index (Phi) is 9.00. The quantitative estimate of drug-likeness (QED) is 0.477. The van der Waals surface area contributed by atoms with Gasteiger partial charge in [0.2, 0.25) is 0 Å². The summed E-state index contributed by atoms with van der Waals surface area (Å²) < 4.78 is 16.5. The van der Waals surface area contributed by atoms with E-state index in [-0.39, 0.29) is 12.1 Å². The molecule has 0 heterocycles. The molecule has 3 unspecified atom stereocenters. The monoisotopic (exact) mass is 319 g/mol. The van der Waals surface area contributed by atoms with E-state index in [0.29, 0.717) is 5.92 Å². The molecule has 0 bridgehead atoms. The summed E-state index contributed by atoms with van der Waals surface area (Å²) in [4.78, 5) is 0. The van der Waals surface area contributed by atoms with E-state index in [2.05, 4.69) is 12.2 Å². The van der Waals surface area contributed by atoms with E-state index in [1.807, 2.05) is 0 Å². The highest BCUT2D eigenvalue weighted by molar-refractivity contribution is 6.60. The van der Waals surface area contributed by atoms with Gasteiger partial charge >= 0.3 is 8.80 Å². The van der Waals surface area contributed by atoms with Crippen LogP contribution in [0.25, 0.3) is 0 Å². The molecule has 0 radical (unpaired) electrons. The van der Waals surface area contributed by atoms with Crippen molar-refractivity contribution in [2.45, 2.75) is 63.6 Å². The van der Waals surface area contributed by atoms with Gasteiger partial charge in [-0.05, 0) is 44.6 Å². The maximum atomic E-state index is 10.1. The minimum Gasteiger partial charge on any atom is -0.392 e. The molecule has 126 valence electrons. The van der Waals surface area contributed by atoms with E-state index < -0.39 is 8.80 Å². The summed E-state index contributed by atoms with van der Waals surface area (Å²) in [5.41, 5.74) is 0. The molecule has 0 saturated heterocycles. The Bertz CT molecular complexity index is 268. The first kappa shape index (κ1) is 19.1. The van der Waals surface area contributed by atoms with Crippen LogP contribution in [0, 0.1) is 5.92 Å². The van der Waals surface area contributed by atoms with Crippen LogP contribution in [0.1, 0.15) is 45.4 Å². The van der Waals surface area contributed by atoms with E-state index in [4.69, 9.17) is 13.3 Å². The van der Waals surface area contributed by atoms with Crippen LogP contribution >= 0.6 is 0 Å². The van der Waals surface area contributed by atoms with Gasteiger partial charge in [-0.3, -0.25) is 0 Å². The lowest BCUT2D eigenvalue weighted by molar-refractivity contribution is 0.0662. The van der Waals surface area contributed by atoms with Gasteiger partial charge in [0.25, 0.3) is 0 Å². The number of aliphatic hydroxyl groups is 1. The normalized spacial score (nSPS) is 27.0. The molecular formula is C15H33NO4Si. The third kappa shape index (κ3) is 5.96. The van der Waals surface area contributed by atoms with E-state index in [0.717, 1.165) is 38.3 Å². The highest BCUT2D eigenvalue weighted by Gasteiger charge is 2.39. The van der Waals surface area contributed by atoms with Gasteiger partial charge in [-0.1, -0.05) is 13.3 Å². The van der Waals surface area contributed by atoms with Gasteiger partial charge in [0, 0.05) is 33.4 Å². The minimum atomic E-state index is -2.45. The van der Waals surface area contributed by atoms with Crippen LogP contribution in [-0.2, 0) is 13.3 Å². The van der Waals surface area contributed by atoms with Crippen LogP contribution in [0.3, 0.4) is 0 Å². The van der Waals surface area contributed by atoms with Gasteiger partial charge in [0.05, 0.1) is 6.10 Å². The Balaban J connectivity index is 2.41. The van der Waals surface area contributed by atoms with Gasteiger partial charge in [-0.15, -0.1) is 0 Å². The fourth-order valence-corrected chi connectivity index (χ4v) is 5.00. The number of aliphatic hydroxyl groups excluding tert-OH is 1. The van der Waals surface area contributed by atoms with Crippen molar-refractivity contribution in [3.8, 4) is 0 Å². The van der Waals surface area contributed by atoms with Crippen molar-refractivity contribution in [2.24, 2.45) is 5.92 Å². The molecule has 1 aliphatic carbocycles. The first-order valence-corrected chi connectivity index (χ1v) is 10.1. The molecule has 1 fully saturated rings. The van der Waals surface area contributed by atoms with Gasteiger partial charge in [-0.25, -0.2) is 0 Å². The van der Waals surface area contributed by atoms with Crippen LogP contribution in [-0.4, -0.2) is 53.9 Å². The second-order valence-corrected chi connectivity index (χ2v) is 9.09. The topological polar surface area (TPSA) is 60.0 Å². The summed E-state index contributed by atoms with van der Waals surface area (Å²) in [6, 6.07) is 1.08. The van der Waals surface area contributed by atoms with E-state index in [1.54, 1.807) is 21.3 Å². The maximum Gasteiger partial charge on any atom is 0.500 e. The van der Waals surface area contributed by atoms with Crippen LogP contribution in [0.5, 0.6) is 0 Å².